The van der Waals surface area contributed by atoms with Crippen LogP contribution in [-0.2, 0) is 22.1 Å². The van der Waals surface area contributed by atoms with Crippen LogP contribution in [0.25, 0.3) is 0 Å². The van der Waals surface area contributed by atoms with Gasteiger partial charge in [0, 0.05) is 18.8 Å². The van der Waals surface area contributed by atoms with Gasteiger partial charge in [-0.15, -0.1) is 0 Å². The van der Waals surface area contributed by atoms with Gasteiger partial charge in [-0.2, -0.15) is 0 Å². The first-order chi connectivity index (χ1) is 16.2. The number of carbonyl (C=O) groups excluding carboxylic acids is 1. The molecule has 178 valence electrons. The van der Waals surface area contributed by atoms with E-state index in [1.165, 1.54) is 12.1 Å². The first-order valence-electron chi connectivity index (χ1n) is 11.1. The number of amides is 2. The smallest absolute Gasteiger partial charge is 0.319 e. The van der Waals surface area contributed by atoms with Crippen molar-refractivity contribution in [1.29, 1.82) is 0 Å². The summed E-state index contributed by atoms with van der Waals surface area (Å²) < 4.78 is 40.3. The summed E-state index contributed by atoms with van der Waals surface area (Å²) in [5.41, 5.74) is 3.48. The van der Waals surface area contributed by atoms with Crippen molar-refractivity contribution in [3.05, 3.63) is 95.1 Å². The summed E-state index contributed by atoms with van der Waals surface area (Å²) in [6.07, 6.45) is -1.13. The summed E-state index contributed by atoms with van der Waals surface area (Å²) in [7, 11) is -1.77. The fourth-order valence-corrected chi connectivity index (χ4v) is 5.47. The van der Waals surface area contributed by atoms with E-state index in [9.17, 15) is 17.6 Å². The molecule has 0 spiro atoms. The molecule has 1 unspecified atom stereocenters. The molecule has 0 fully saturated rings. The third-order valence-electron chi connectivity index (χ3n) is 5.94. The van der Waals surface area contributed by atoms with Crippen molar-refractivity contribution in [1.82, 2.24) is 10.2 Å². The number of urea groups is 1. The second kappa shape index (κ2) is 9.95. The zero-order chi connectivity index (χ0) is 24.3. The number of fused-ring (bicyclic) bond motifs is 1. The number of nitrogens with one attached hydrogen (secondary N) is 2. The molecule has 1 aliphatic rings. The number of alkyl halides is 1. The maximum atomic E-state index is 14.5. The Balaban J connectivity index is 1.40. The topological polar surface area (TPSA) is 78.5 Å². The minimum atomic E-state index is -3.63. The number of likely N-dealkylation sites (N-methyl/N-ethyl adjacent to an activating group) is 1. The van der Waals surface area contributed by atoms with E-state index in [-0.39, 0.29) is 22.7 Å². The molecule has 1 heterocycles. The van der Waals surface area contributed by atoms with Crippen LogP contribution in [0, 0.1) is 0 Å². The van der Waals surface area contributed by atoms with Crippen LogP contribution in [0.1, 0.15) is 41.4 Å². The minimum Gasteiger partial charge on any atom is -0.331 e. The van der Waals surface area contributed by atoms with Crippen LogP contribution >= 0.6 is 0 Å². The van der Waals surface area contributed by atoms with E-state index >= 15 is 0 Å². The molecule has 4 rings (SSSR count). The van der Waals surface area contributed by atoms with Gasteiger partial charge in [0.15, 0.2) is 9.84 Å². The maximum Gasteiger partial charge on any atom is 0.319 e. The first-order valence-corrected chi connectivity index (χ1v) is 12.8. The number of hydrogen-bond donors (Lipinski definition) is 2. The van der Waals surface area contributed by atoms with Gasteiger partial charge < -0.3 is 10.6 Å². The van der Waals surface area contributed by atoms with Gasteiger partial charge >= 0.3 is 6.03 Å². The molecule has 2 N–H and O–H groups in total. The Bertz CT molecular complexity index is 1260. The average molecular weight is 482 g/mol. The third kappa shape index (κ3) is 5.63. The van der Waals surface area contributed by atoms with Crippen molar-refractivity contribution in [3.63, 3.8) is 0 Å². The number of benzene rings is 3. The Hall–Kier alpha value is -3.23. The van der Waals surface area contributed by atoms with E-state index in [1.54, 1.807) is 24.3 Å². The van der Waals surface area contributed by atoms with Crippen LogP contribution in [0.3, 0.4) is 0 Å². The highest BCUT2D eigenvalue weighted by atomic mass is 32.2. The summed E-state index contributed by atoms with van der Waals surface area (Å²) in [5.74, 6) is -0.218. The van der Waals surface area contributed by atoms with E-state index in [4.69, 9.17) is 0 Å². The second-order valence-electron chi connectivity index (χ2n) is 8.71. The monoisotopic (exact) mass is 481 g/mol. The van der Waals surface area contributed by atoms with Crippen LogP contribution in [-0.4, -0.2) is 32.9 Å². The SMILES string of the molecule is C[C@@H](NC(=O)Nc1ccc(S(=O)(=O)Cc2ccc3c(c2)C(F)CN(C)C3)cc1)c1ccccc1. The number of anilines is 1. The number of hydrogen-bond acceptors (Lipinski definition) is 4. The van der Waals surface area contributed by atoms with Gasteiger partial charge in [0.2, 0.25) is 0 Å². The molecule has 0 aromatic heterocycles. The van der Waals surface area contributed by atoms with Crippen LogP contribution in [0.4, 0.5) is 14.9 Å². The highest BCUT2D eigenvalue weighted by Crippen LogP contribution is 2.30. The highest BCUT2D eigenvalue weighted by Gasteiger charge is 2.24. The molecule has 8 heteroatoms. The first kappa shape index (κ1) is 23.9. The van der Waals surface area contributed by atoms with E-state index in [2.05, 4.69) is 10.6 Å². The molecule has 34 heavy (non-hydrogen) atoms. The van der Waals surface area contributed by atoms with Gasteiger partial charge in [-0.1, -0.05) is 48.5 Å². The predicted octanol–water partition coefficient (Wildman–Crippen LogP) is 5.00. The molecule has 2 atom stereocenters. The molecular formula is C26H28FN3O3S. The summed E-state index contributed by atoms with van der Waals surface area (Å²) in [6, 6.07) is 20.3. The highest BCUT2D eigenvalue weighted by molar-refractivity contribution is 7.90. The molecule has 3 aromatic carbocycles. The molecule has 0 aliphatic carbocycles. The lowest BCUT2D eigenvalue weighted by atomic mass is 9.97. The van der Waals surface area contributed by atoms with E-state index in [0.29, 0.717) is 29.9 Å². The standard InChI is InChI=1S/C26H28FN3O3S/c1-18(20-6-4-3-5-7-20)28-26(31)29-22-10-12-23(13-11-22)34(32,33)17-19-8-9-21-15-30(2)16-25(27)24(21)14-19/h3-14,18,25H,15-17H2,1-2H3,(H2,28,29,31)/t18-,25?/m1/s1. The van der Waals surface area contributed by atoms with Crippen LogP contribution in [0.2, 0.25) is 0 Å². The minimum absolute atomic E-state index is 0.144. The van der Waals surface area contributed by atoms with Crippen molar-refractivity contribution < 1.29 is 17.6 Å². The van der Waals surface area contributed by atoms with Crippen LogP contribution in [0.15, 0.2) is 77.7 Å². The predicted molar refractivity (Wildman–Crippen MR) is 131 cm³/mol. The Morgan fingerprint density at radius 3 is 2.50 bits per heavy atom. The Morgan fingerprint density at radius 2 is 1.79 bits per heavy atom. The number of halogens is 1. The molecule has 6 nitrogen and oxygen atoms in total. The largest absolute Gasteiger partial charge is 0.331 e. The van der Waals surface area contributed by atoms with E-state index < -0.39 is 16.0 Å². The number of rotatable bonds is 6. The molecule has 1 aliphatic heterocycles. The lowest BCUT2D eigenvalue weighted by Crippen LogP contribution is -2.31. The summed E-state index contributed by atoms with van der Waals surface area (Å²) in [6.45, 7) is 2.83. The summed E-state index contributed by atoms with van der Waals surface area (Å²) >= 11 is 0. The molecule has 0 saturated carbocycles. The Labute approximate surface area is 199 Å². The quantitative estimate of drug-likeness (QED) is 0.519. The van der Waals surface area contributed by atoms with E-state index in [0.717, 1.165) is 11.1 Å². The molecule has 0 bridgehead atoms. The second-order valence-corrected chi connectivity index (χ2v) is 10.7. The lowest BCUT2D eigenvalue weighted by molar-refractivity contribution is 0.195. The van der Waals surface area contributed by atoms with Crippen molar-refractivity contribution in [2.45, 2.75) is 36.3 Å². The zero-order valence-electron chi connectivity index (χ0n) is 19.2. The maximum absolute atomic E-state index is 14.5. The molecular weight excluding hydrogens is 453 g/mol. The van der Waals surface area contributed by atoms with Crippen LogP contribution < -0.4 is 10.6 Å². The van der Waals surface area contributed by atoms with Gasteiger partial charge in [0.1, 0.15) is 6.17 Å². The summed E-state index contributed by atoms with van der Waals surface area (Å²) in [5, 5.41) is 5.57. The van der Waals surface area contributed by atoms with Gasteiger partial charge in [0.05, 0.1) is 16.7 Å². The fourth-order valence-electron chi connectivity index (χ4n) is 4.13. The molecule has 3 aromatic rings. The Morgan fingerprint density at radius 1 is 1.09 bits per heavy atom. The Kier molecular flexibility index (Phi) is 7.00. The van der Waals surface area contributed by atoms with Gasteiger partial charge in [-0.05, 0) is 60.5 Å². The zero-order valence-corrected chi connectivity index (χ0v) is 20.0. The fraction of sp³-hybridized carbons (Fsp3) is 0.269. The van der Waals surface area contributed by atoms with Gasteiger partial charge in [0.25, 0.3) is 0 Å². The number of carbonyl (C=O) groups is 1. The van der Waals surface area contributed by atoms with Crippen molar-refractivity contribution in [2.75, 3.05) is 18.9 Å². The molecule has 0 radical (unpaired) electrons. The van der Waals surface area contributed by atoms with Crippen LogP contribution in [0.5, 0.6) is 0 Å². The number of nitrogens with zero attached hydrogens (tertiary/aromatic N) is 1. The van der Waals surface area contributed by atoms with Crippen molar-refractivity contribution in [2.24, 2.45) is 0 Å². The van der Waals surface area contributed by atoms with E-state index in [1.807, 2.05) is 55.3 Å². The molecule has 0 saturated heterocycles. The lowest BCUT2D eigenvalue weighted by Gasteiger charge is -2.28. The summed E-state index contributed by atoms with van der Waals surface area (Å²) in [4.78, 5) is 14.4. The van der Waals surface area contributed by atoms with Crippen molar-refractivity contribution >= 4 is 21.6 Å². The average Bonchev–Trinajstić information content (AvgIpc) is 2.80. The molecule has 2 amide bonds. The third-order valence-corrected chi connectivity index (χ3v) is 7.64. The number of sulfone groups is 1. The van der Waals surface area contributed by atoms with Gasteiger partial charge in [-0.25, -0.2) is 17.6 Å². The van der Waals surface area contributed by atoms with Gasteiger partial charge in [-0.3, -0.25) is 4.90 Å². The van der Waals surface area contributed by atoms with Crippen molar-refractivity contribution in [3.8, 4) is 0 Å². The normalized spacial score (nSPS) is 17.0.